The van der Waals surface area contributed by atoms with Gasteiger partial charge in [-0.2, -0.15) is 0 Å². The minimum atomic E-state index is 0.649. The number of rotatable bonds is 4. The van der Waals surface area contributed by atoms with Crippen LogP contribution in [0.15, 0.2) is 182 Å². The lowest BCUT2D eigenvalue weighted by Crippen LogP contribution is -2.04. The number of nitrogens with zero attached hydrogens (tertiary/aromatic N) is 4. The molecule has 0 fully saturated rings. The molecule has 0 bridgehead atoms. The predicted octanol–water partition coefficient (Wildman–Crippen LogP) is 12.3. The topological polar surface area (TPSA) is 35.6 Å². The lowest BCUT2D eigenvalue weighted by molar-refractivity contribution is 1.01. The molecule has 8 aromatic carbocycles. The molecule has 11 rings (SSSR count). The van der Waals surface area contributed by atoms with Crippen LogP contribution in [0.5, 0.6) is 0 Å². The number of aromatic nitrogens is 4. The lowest BCUT2D eigenvalue weighted by atomic mass is 10.0. The summed E-state index contributed by atoms with van der Waals surface area (Å²) in [5.74, 6) is 0.649. The summed E-state index contributed by atoms with van der Waals surface area (Å²) in [7, 11) is 0. The fourth-order valence-corrected chi connectivity index (χ4v) is 8.17. The summed E-state index contributed by atoms with van der Waals surface area (Å²) < 4.78 is 4.65. The summed E-state index contributed by atoms with van der Waals surface area (Å²) >= 11 is 0. The molecule has 0 amide bonds. The molecule has 0 unspecified atom stereocenters. The van der Waals surface area contributed by atoms with Crippen molar-refractivity contribution in [3.63, 3.8) is 0 Å². The second-order valence-electron chi connectivity index (χ2n) is 13.4. The largest absolute Gasteiger partial charge is 0.309 e. The molecule has 4 nitrogen and oxygen atoms in total. The predicted molar refractivity (Wildman–Crippen MR) is 217 cm³/mol. The molecule has 4 heteroatoms. The van der Waals surface area contributed by atoms with Crippen LogP contribution in [-0.4, -0.2) is 19.1 Å². The minimum absolute atomic E-state index is 0.649. The highest BCUT2D eigenvalue weighted by Gasteiger charge is 2.20. The van der Waals surface area contributed by atoms with Crippen LogP contribution in [0, 0.1) is 0 Å². The second-order valence-corrected chi connectivity index (χ2v) is 13.4. The third kappa shape index (κ3) is 4.28. The van der Waals surface area contributed by atoms with E-state index in [-0.39, 0.29) is 0 Å². The molecular weight excluding hydrogens is 633 g/mol. The van der Waals surface area contributed by atoms with Gasteiger partial charge in [0, 0.05) is 38.2 Å². The Morgan fingerprint density at radius 2 is 0.962 bits per heavy atom. The molecule has 0 N–H and O–H groups in total. The summed E-state index contributed by atoms with van der Waals surface area (Å²) in [5.41, 5.74) is 10.8. The standard InChI is InChI=1S/C48H30N4/c1-2-12-31(13-3-1)32-22-24-34(25-23-32)47-39-18-6-9-19-41(39)49-48(50-47)52-44-29-26-33-14-4-5-15-36(33)46(44)40-28-27-35(30-45(40)52)51-42-20-10-7-16-37(42)38-17-8-11-21-43(38)51/h1-30H. The molecule has 0 aliphatic rings. The summed E-state index contributed by atoms with van der Waals surface area (Å²) in [4.78, 5) is 10.7. The van der Waals surface area contributed by atoms with Crippen LogP contribution in [0.2, 0.25) is 0 Å². The summed E-state index contributed by atoms with van der Waals surface area (Å²) in [5, 5.41) is 8.30. The lowest BCUT2D eigenvalue weighted by Gasteiger charge is -2.13. The Kier molecular flexibility index (Phi) is 6.22. The van der Waals surface area contributed by atoms with E-state index in [0.717, 1.165) is 38.9 Å². The van der Waals surface area contributed by atoms with Crippen LogP contribution in [-0.2, 0) is 0 Å². The molecule has 3 heterocycles. The van der Waals surface area contributed by atoms with Crippen molar-refractivity contribution in [1.29, 1.82) is 0 Å². The molecule has 0 saturated carbocycles. The minimum Gasteiger partial charge on any atom is -0.309 e. The molecule has 242 valence electrons. The normalized spacial score (nSPS) is 11.8. The first kappa shape index (κ1) is 28.8. The molecule has 0 aliphatic carbocycles. The Bertz CT molecular complexity index is 3120. The van der Waals surface area contributed by atoms with Gasteiger partial charge in [0.1, 0.15) is 0 Å². The SMILES string of the molecule is c1ccc(-c2ccc(-c3nc(-n4c5cc(-n6c7ccccc7c7ccccc76)ccc5c5c6ccccc6ccc54)nc4ccccc34)cc2)cc1. The number of hydrogen-bond acceptors (Lipinski definition) is 2. The first-order valence-electron chi connectivity index (χ1n) is 17.7. The molecule has 0 radical (unpaired) electrons. The van der Waals surface area contributed by atoms with E-state index in [0.29, 0.717) is 5.95 Å². The number of benzene rings is 8. The van der Waals surface area contributed by atoms with Crippen molar-refractivity contribution in [1.82, 2.24) is 19.1 Å². The Labute approximate surface area is 299 Å². The van der Waals surface area contributed by atoms with Crippen LogP contribution < -0.4 is 0 Å². The van der Waals surface area contributed by atoms with E-state index in [2.05, 4.69) is 191 Å². The Morgan fingerprint density at radius 1 is 0.346 bits per heavy atom. The monoisotopic (exact) mass is 662 g/mol. The fourth-order valence-electron chi connectivity index (χ4n) is 8.17. The fraction of sp³-hybridized carbons (Fsp3) is 0. The van der Waals surface area contributed by atoms with Gasteiger partial charge in [-0.15, -0.1) is 0 Å². The van der Waals surface area contributed by atoms with Gasteiger partial charge in [0.05, 0.1) is 33.3 Å². The van der Waals surface area contributed by atoms with Gasteiger partial charge in [0.25, 0.3) is 0 Å². The molecule has 0 atom stereocenters. The van der Waals surface area contributed by atoms with Crippen LogP contribution in [0.1, 0.15) is 0 Å². The molecule has 11 aromatic rings. The van der Waals surface area contributed by atoms with Gasteiger partial charge in [-0.05, 0) is 58.3 Å². The van der Waals surface area contributed by atoms with Gasteiger partial charge in [-0.1, -0.05) is 146 Å². The van der Waals surface area contributed by atoms with Gasteiger partial charge in [0.2, 0.25) is 5.95 Å². The second kappa shape index (κ2) is 11.2. The van der Waals surface area contributed by atoms with Crippen LogP contribution >= 0.6 is 0 Å². The van der Waals surface area contributed by atoms with Crippen LogP contribution in [0.4, 0.5) is 0 Å². The van der Waals surface area contributed by atoms with E-state index >= 15 is 0 Å². The summed E-state index contributed by atoms with van der Waals surface area (Å²) in [6.45, 7) is 0. The van der Waals surface area contributed by atoms with Gasteiger partial charge >= 0.3 is 0 Å². The van der Waals surface area contributed by atoms with E-state index < -0.39 is 0 Å². The first-order chi connectivity index (χ1) is 25.8. The number of para-hydroxylation sites is 3. The van der Waals surface area contributed by atoms with Gasteiger partial charge in [0.15, 0.2) is 0 Å². The summed E-state index contributed by atoms with van der Waals surface area (Å²) in [6.07, 6.45) is 0. The van der Waals surface area contributed by atoms with Crippen molar-refractivity contribution >= 4 is 65.3 Å². The quantitative estimate of drug-likeness (QED) is 0.188. The maximum Gasteiger partial charge on any atom is 0.235 e. The van der Waals surface area contributed by atoms with Crippen molar-refractivity contribution in [3.05, 3.63) is 182 Å². The van der Waals surface area contributed by atoms with E-state index in [9.17, 15) is 0 Å². The zero-order valence-electron chi connectivity index (χ0n) is 28.1. The maximum atomic E-state index is 5.43. The van der Waals surface area contributed by atoms with E-state index in [1.54, 1.807) is 0 Å². The van der Waals surface area contributed by atoms with Crippen molar-refractivity contribution < 1.29 is 0 Å². The Balaban J connectivity index is 1.21. The average molecular weight is 663 g/mol. The zero-order valence-corrected chi connectivity index (χ0v) is 28.1. The van der Waals surface area contributed by atoms with Gasteiger partial charge in [-0.3, -0.25) is 4.57 Å². The smallest absolute Gasteiger partial charge is 0.235 e. The van der Waals surface area contributed by atoms with E-state index in [4.69, 9.17) is 9.97 Å². The van der Waals surface area contributed by atoms with Crippen molar-refractivity contribution in [2.75, 3.05) is 0 Å². The average Bonchev–Trinajstić information content (AvgIpc) is 3.74. The van der Waals surface area contributed by atoms with Crippen LogP contribution in [0.3, 0.4) is 0 Å². The van der Waals surface area contributed by atoms with E-state index in [1.807, 2.05) is 0 Å². The first-order valence-corrected chi connectivity index (χ1v) is 17.7. The highest BCUT2D eigenvalue weighted by Crippen LogP contribution is 2.40. The van der Waals surface area contributed by atoms with E-state index in [1.165, 1.54) is 54.5 Å². The highest BCUT2D eigenvalue weighted by molar-refractivity contribution is 6.21. The molecule has 3 aromatic heterocycles. The molecule has 0 spiro atoms. The van der Waals surface area contributed by atoms with Crippen LogP contribution in [0.25, 0.3) is 99.3 Å². The third-order valence-electron chi connectivity index (χ3n) is 10.5. The maximum absolute atomic E-state index is 5.43. The zero-order chi connectivity index (χ0) is 34.2. The molecule has 52 heavy (non-hydrogen) atoms. The highest BCUT2D eigenvalue weighted by atomic mass is 15.2. The molecule has 0 saturated heterocycles. The number of fused-ring (bicyclic) bond motifs is 9. The van der Waals surface area contributed by atoms with Gasteiger partial charge in [-0.25, -0.2) is 9.97 Å². The Hall–Kier alpha value is -7.04. The summed E-state index contributed by atoms with van der Waals surface area (Å²) in [6, 6.07) is 64.9. The van der Waals surface area contributed by atoms with Crippen molar-refractivity contribution in [2.24, 2.45) is 0 Å². The number of hydrogen-bond donors (Lipinski definition) is 0. The Morgan fingerprint density at radius 3 is 1.73 bits per heavy atom. The van der Waals surface area contributed by atoms with Crippen molar-refractivity contribution in [2.45, 2.75) is 0 Å². The third-order valence-corrected chi connectivity index (χ3v) is 10.5. The molecule has 0 aliphatic heterocycles. The van der Waals surface area contributed by atoms with Crippen molar-refractivity contribution in [3.8, 4) is 34.0 Å². The van der Waals surface area contributed by atoms with Gasteiger partial charge < -0.3 is 4.57 Å². The molecular formula is C48H30N4.